The third-order valence-electron chi connectivity index (χ3n) is 7.46. The molecular formula is C33H35ClN4O2. The van der Waals surface area contributed by atoms with Crippen LogP contribution in [0.4, 0.5) is 5.88 Å². The van der Waals surface area contributed by atoms with E-state index in [1.165, 1.54) is 30.4 Å². The molecule has 1 saturated heterocycles. The Hall–Kier alpha value is -3.79. The van der Waals surface area contributed by atoms with Gasteiger partial charge >= 0.3 is 0 Å². The summed E-state index contributed by atoms with van der Waals surface area (Å²) >= 11 is 6.23. The minimum atomic E-state index is 0.177. The molecule has 40 heavy (non-hydrogen) atoms. The van der Waals surface area contributed by atoms with Crippen LogP contribution < -0.4 is 10.1 Å². The Balaban J connectivity index is 1.29. The zero-order valence-corrected chi connectivity index (χ0v) is 23.8. The number of nitriles is 1. The maximum Gasteiger partial charge on any atom is 0.232 e. The summed E-state index contributed by atoms with van der Waals surface area (Å²) in [5, 5.41) is 13.9. The third-order valence-corrected chi connectivity index (χ3v) is 7.83. The smallest absolute Gasteiger partial charge is 0.232 e. The average Bonchev–Trinajstić information content (AvgIpc) is 3.41. The molecule has 3 aromatic carbocycles. The lowest BCUT2D eigenvalue weighted by Crippen LogP contribution is -2.37. The van der Waals surface area contributed by atoms with Crippen molar-refractivity contribution in [1.29, 1.82) is 5.26 Å². The first-order chi connectivity index (χ1) is 19.5. The third kappa shape index (κ3) is 6.67. The number of ether oxygens (including phenoxy) is 1. The van der Waals surface area contributed by atoms with Gasteiger partial charge in [-0.25, -0.2) is 0 Å². The minimum absolute atomic E-state index is 0.177. The van der Waals surface area contributed by atoms with Gasteiger partial charge in [0.05, 0.1) is 6.04 Å². The predicted octanol–water partition coefficient (Wildman–Crippen LogP) is 8.21. The molecule has 4 aromatic rings. The van der Waals surface area contributed by atoms with Gasteiger partial charge in [-0.2, -0.15) is 10.2 Å². The highest BCUT2D eigenvalue weighted by Gasteiger charge is 2.24. The van der Waals surface area contributed by atoms with E-state index in [1.807, 2.05) is 48.5 Å². The van der Waals surface area contributed by atoms with E-state index in [2.05, 4.69) is 59.4 Å². The minimum Gasteiger partial charge on any atom is -0.489 e. The van der Waals surface area contributed by atoms with Crippen LogP contribution in [0.2, 0.25) is 5.02 Å². The van der Waals surface area contributed by atoms with Crippen molar-refractivity contribution in [3.63, 3.8) is 0 Å². The highest BCUT2D eigenvalue weighted by Crippen LogP contribution is 2.30. The van der Waals surface area contributed by atoms with Gasteiger partial charge in [0, 0.05) is 22.7 Å². The van der Waals surface area contributed by atoms with E-state index < -0.39 is 0 Å². The molecule has 1 atom stereocenters. The van der Waals surface area contributed by atoms with Crippen LogP contribution >= 0.6 is 11.6 Å². The zero-order valence-electron chi connectivity index (χ0n) is 23.1. The molecular weight excluding hydrogens is 520 g/mol. The van der Waals surface area contributed by atoms with Crippen LogP contribution in [0, 0.1) is 11.3 Å². The summed E-state index contributed by atoms with van der Waals surface area (Å²) in [6.45, 7) is 7.56. The number of aromatic nitrogens is 1. The SMILES string of the molecule is CC(C)c1ccc([C@H](CNc2oc(-c3ccc(OCc4ccccc4Cl)cc3)nc2C#N)N2CCCCC2)cc1. The molecule has 6 nitrogen and oxygen atoms in total. The van der Waals surface area contributed by atoms with Crippen LogP contribution in [0.25, 0.3) is 11.5 Å². The van der Waals surface area contributed by atoms with Gasteiger partial charge < -0.3 is 14.5 Å². The highest BCUT2D eigenvalue weighted by molar-refractivity contribution is 6.31. The van der Waals surface area contributed by atoms with E-state index >= 15 is 0 Å². The monoisotopic (exact) mass is 554 g/mol. The number of benzene rings is 3. The van der Waals surface area contributed by atoms with E-state index in [1.54, 1.807) is 0 Å². The maximum atomic E-state index is 9.78. The van der Waals surface area contributed by atoms with Gasteiger partial charge in [-0.3, -0.25) is 4.90 Å². The van der Waals surface area contributed by atoms with E-state index in [-0.39, 0.29) is 11.7 Å². The van der Waals surface area contributed by atoms with Gasteiger partial charge in [0.1, 0.15) is 18.4 Å². The number of oxazole rings is 1. The van der Waals surface area contributed by atoms with Crippen molar-refractivity contribution in [3.05, 3.63) is 100 Å². The Morgan fingerprint density at radius 1 is 0.975 bits per heavy atom. The number of likely N-dealkylation sites (tertiary alicyclic amines) is 1. The molecule has 0 aliphatic carbocycles. The van der Waals surface area contributed by atoms with Crippen molar-refractivity contribution >= 4 is 17.5 Å². The number of nitrogens with one attached hydrogen (secondary N) is 1. The number of hydrogen-bond donors (Lipinski definition) is 1. The van der Waals surface area contributed by atoms with E-state index in [0.29, 0.717) is 41.6 Å². The average molecular weight is 555 g/mol. The Morgan fingerprint density at radius 3 is 2.35 bits per heavy atom. The largest absolute Gasteiger partial charge is 0.489 e. The lowest BCUT2D eigenvalue weighted by Gasteiger charge is -2.35. The van der Waals surface area contributed by atoms with Crippen molar-refractivity contribution in [1.82, 2.24) is 9.88 Å². The summed E-state index contributed by atoms with van der Waals surface area (Å²) in [5.74, 6) is 2.00. The summed E-state index contributed by atoms with van der Waals surface area (Å²) in [4.78, 5) is 7.00. The normalized spacial score (nSPS) is 14.6. The Kier molecular flexibility index (Phi) is 9.05. The van der Waals surface area contributed by atoms with Gasteiger partial charge in [0.25, 0.3) is 0 Å². The van der Waals surface area contributed by atoms with Crippen LogP contribution in [0.15, 0.2) is 77.2 Å². The molecule has 7 heteroatoms. The molecule has 1 aromatic heterocycles. The van der Waals surface area contributed by atoms with Gasteiger partial charge in [0.2, 0.25) is 17.5 Å². The fourth-order valence-electron chi connectivity index (χ4n) is 5.09. The molecule has 1 aliphatic rings. The molecule has 0 spiro atoms. The van der Waals surface area contributed by atoms with Crippen LogP contribution in [0.1, 0.15) is 67.5 Å². The Morgan fingerprint density at radius 2 is 1.68 bits per heavy atom. The number of hydrogen-bond acceptors (Lipinski definition) is 6. The van der Waals surface area contributed by atoms with Gasteiger partial charge in [0.15, 0.2) is 0 Å². The summed E-state index contributed by atoms with van der Waals surface area (Å²) < 4.78 is 12.0. The van der Waals surface area contributed by atoms with Gasteiger partial charge in [-0.05, 0) is 73.3 Å². The molecule has 0 bridgehead atoms. The lowest BCUT2D eigenvalue weighted by molar-refractivity contribution is 0.170. The van der Waals surface area contributed by atoms with E-state index in [0.717, 1.165) is 24.2 Å². The van der Waals surface area contributed by atoms with Gasteiger partial charge in [-0.15, -0.1) is 0 Å². The molecule has 2 heterocycles. The lowest BCUT2D eigenvalue weighted by atomic mass is 9.97. The molecule has 0 unspecified atom stereocenters. The van der Waals surface area contributed by atoms with Gasteiger partial charge in [-0.1, -0.05) is 74.3 Å². The summed E-state index contributed by atoms with van der Waals surface area (Å²) in [7, 11) is 0. The summed E-state index contributed by atoms with van der Waals surface area (Å²) in [6, 6.07) is 26.4. The fraction of sp³-hybridized carbons (Fsp3) is 0.333. The number of halogens is 1. The summed E-state index contributed by atoms with van der Waals surface area (Å²) in [5.41, 5.74) is 4.55. The van der Waals surface area contributed by atoms with Crippen molar-refractivity contribution < 1.29 is 9.15 Å². The molecule has 0 radical (unpaired) electrons. The first kappa shape index (κ1) is 27.8. The van der Waals surface area contributed by atoms with Crippen LogP contribution in [0.5, 0.6) is 5.75 Å². The van der Waals surface area contributed by atoms with Crippen molar-refractivity contribution in [2.24, 2.45) is 0 Å². The van der Waals surface area contributed by atoms with Crippen LogP contribution in [0.3, 0.4) is 0 Å². The Bertz CT molecular complexity index is 1430. The van der Waals surface area contributed by atoms with E-state index in [4.69, 9.17) is 20.8 Å². The van der Waals surface area contributed by atoms with Crippen molar-refractivity contribution in [2.45, 2.75) is 51.7 Å². The maximum absolute atomic E-state index is 9.78. The molecule has 0 saturated carbocycles. The molecule has 1 fully saturated rings. The Labute approximate surface area is 241 Å². The second kappa shape index (κ2) is 13.0. The van der Waals surface area contributed by atoms with Crippen LogP contribution in [-0.4, -0.2) is 29.5 Å². The predicted molar refractivity (Wildman–Crippen MR) is 160 cm³/mol. The molecule has 0 amide bonds. The second-order valence-electron chi connectivity index (χ2n) is 10.5. The number of anilines is 1. The van der Waals surface area contributed by atoms with Crippen LogP contribution in [-0.2, 0) is 6.61 Å². The number of nitrogens with zero attached hydrogens (tertiary/aromatic N) is 3. The number of piperidine rings is 1. The summed E-state index contributed by atoms with van der Waals surface area (Å²) in [6.07, 6.45) is 3.68. The first-order valence-electron chi connectivity index (χ1n) is 14.0. The standard InChI is InChI=1S/C33H35ClN4O2/c1-23(2)24-10-12-25(13-11-24)31(38-18-6-3-7-19-38)21-36-33-30(20-35)37-32(40-33)26-14-16-28(17-15-26)39-22-27-8-4-5-9-29(27)34/h4-5,8-17,23,31,36H,3,6-7,18-19,21-22H2,1-2H3/t31-/m0/s1. The number of rotatable bonds is 10. The van der Waals surface area contributed by atoms with E-state index in [9.17, 15) is 5.26 Å². The molecule has 1 N–H and O–H groups in total. The molecule has 1 aliphatic heterocycles. The van der Waals surface area contributed by atoms with Crippen molar-refractivity contribution in [3.8, 4) is 23.3 Å². The highest BCUT2D eigenvalue weighted by atomic mass is 35.5. The molecule has 5 rings (SSSR count). The quantitative estimate of drug-likeness (QED) is 0.213. The molecule has 206 valence electrons. The first-order valence-corrected chi connectivity index (χ1v) is 14.3. The fourth-order valence-corrected chi connectivity index (χ4v) is 5.28. The topological polar surface area (TPSA) is 74.3 Å². The second-order valence-corrected chi connectivity index (χ2v) is 10.9. The van der Waals surface area contributed by atoms with Crippen molar-refractivity contribution in [2.75, 3.05) is 25.0 Å². The zero-order chi connectivity index (χ0) is 27.9.